The van der Waals surface area contributed by atoms with Crippen LogP contribution < -0.4 is 5.73 Å². The van der Waals surface area contributed by atoms with E-state index in [9.17, 15) is 0 Å². The summed E-state index contributed by atoms with van der Waals surface area (Å²) < 4.78 is 0. The quantitative estimate of drug-likeness (QED) is 0.773. The molecule has 1 aromatic heterocycles. The monoisotopic (exact) mass is 195 g/mol. The second kappa shape index (κ2) is 4.13. The van der Waals surface area contributed by atoms with Crippen molar-refractivity contribution in [3.8, 4) is 0 Å². The number of aromatic amines is 1. The summed E-state index contributed by atoms with van der Waals surface area (Å²) in [6, 6.07) is 0. The van der Waals surface area contributed by atoms with Crippen LogP contribution in [-0.4, -0.2) is 16.7 Å². The molecule has 0 saturated heterocycles. The average Bonchev–Trinajstić information content (AvgIpc) is 2.51. The third-order valence-electron chi connectivity index (χ3n) is 2.44. The molecule has 1 unspecified atom stereocenters. The third kappa shape index (κ3) is 2.58. The molecule has 0 aromatic carbocycles. The molecule has 1 aromatic rings. The Balaban J connectivity index is 2.83. The van der Waals surface area contributed by atoms with E-state index in [1.54, 1.807) is 0 Å². The highest BCUT2D eigenvalue weighted by atomic mass is 15.1. The molecule has 1 rings (SSSR count). The summed E-state index contributed by atoms with van der Waals surface area (Å²) in [4.78, 5) is 0. The van der Waals surface area contributed by atoms with Gasteiger partial charge in [-0.3, -0.25) is 5.10 Å². The summed E-state index contributed by atoms with van der Waals surface area (Å²) in [6.07, 6.45) is 2.94. The van der Waals surface area contributed by atoms with Gasteiger partial charge in [0.25, 0.3) is 0 Å². The molecule has 0 aliphatic heterocycles. The molecule has 3 nitrogen and oxygen atoms in total. The fourth-order valence-corrected chi connectivity index (χ4v) is 1.57. The first-order valence-electron chi connectivity index (χ1n) is 5.18. The summed E-state index contributed by atoms with van der Waals surface area (Å²) in [5.41, 5.74) is 8.29. The second-order valence-corrected chi connectivity index (χ2v) is 5.07. The first kappa shape index (κ1) is 11.2. The molecule has 1 heterocycles. The molecule has 3 heteroatoms. The van der Waals surface area contributed by atoms with Crippen LogP contribution in [0.1, 0.15) is 39.0 Å². The van der Waals surface area contributed by atoms with Crippen LogP contribution in [0, 0.1) is 5.92 Å². The lowest BCUT2D eigenvalue weighted by Gasteiger charge is -2.19. The maximum absolute atomic E-state index is 5.62. The molecule has 0 radical (unpaired) electrons. The normalized spacial score (nSPS) is 14.4. The van der Waals surface area contributed by atoms with Crippen molar-refractivity contribution < 1.29 is 0 Å². The van der Waals surface area contributed by atoms with E-state index in [0.717, 1.165) is 13.0 Å². The predicted molar refractivity (Wildman–Crippen MR) is 59.2 cm³/mol. The Morgan fingerprint density at radius 3 is 2.64 bits per heavy atom. The van der Waals surface area contributed by atoms with Crippen LogP contribution in [0.4, 0.5) is 0 Å². The van der Waals surface area contributed by atoms with E-state index in [-0.39, 0.29) is 5.41 Å². The van der Waals surface area contributed by atoms with Gasteiger partial charge in [0.2, 0.25) is 0 Å². The maximum Gasteiger partial charge on any atom is 0.0522 e. The van der Waals surface area contributed by atoms with Crippen molar-refractivity contribution in [1.29, 1.82) is 0 Å². The summed E-state index contributed by atoms with van der Waals surface area (Å²) in [5.74, 6) is 0.522. The lowest BCUT2D eigenvalue weighted by molar-refractivity contribution is 0.540. The Kier molecular flexibility index (Phi) is 3.32. The van der Waals surface area contributed by atoms with Gasteiger partial charge in [-0.25, -0.2) is 0 Å². The Morgan fingerprint density at radius 1 is 1.50 bits per heavy atom. The smallest absolute Gasteiger partial charge is 0.0522 e. The predicted octanol–water partition coefficient (Wildman–Crippen LogP) is 1.84. The Bertz CT molecular complexity index is 283. The second-order valence-electron chi connectivity index (χ2n) is 5.07. The van der Waals surface area contributed by atoms with Crippen molar-refractivity contribution in [2.45, 2.75) is 39.5 Å². The van der Waals surface area contributed by atoms with E-state index in [1.165, 1.54) is 11.3 Å². The molecule has 0 bridgehead atoms. The van der Waals surface area contributed by atoms with E-state index in [2.05, 4.69) is 37.9 Å². The van der Waals surface area contributed by atoms with Gasteiger partial charge in [0.05, 0.1) is 6.20 Å². The molecule has 0 spiro atoms. The topological polar surface area (TPSA) is 54.7 Å². The maximum atomic E-state index is 5.62. The summed E-state index contributed by atoms with van der Waals surface area (Å²) >= 11 is 0. The molecular formula is C11H21N3. The SMILES string of the molecule is CC(CN)Cc1cn[nH]c1C(C)(C)C. The molecule has 0 fully saturated rings. The van der Waals surface area contributed by atoms with E-state index >= 15 is 0 Å². The van der Waals surface area contributed by atoms with Crippen LogP contribution in [0.5, 0.6) is 0 Å². The number of hydrogen-bond acceptors (Lipinski definition) is 2. The zero-order valence-corrected chi connectivity index (χ0v) is 9.59. The van der Waals surface area contributed by atoms with Gasteiger partial charge in [0.1, 0.15) is 0 Å². The van der Waals surface area contributed by atoms with E-state index < -0.39 is 0 Å². The van der Waals surface area contributed by atoms with Crippen LogP contribution in [0.2, 0.25) is 0 Å². The summed E-state index contributed by atoms with van der Waals surface area (Å²) in [5, 5.41) is 7.19. The van der Waals surface area contributed by atoms with Crippen molar-refractivity contribution in [1.82, 2.24) is 10.2 Å². The highest BCUT2D eigenvalue weighted by Crippen LogP contribution is 2.24. The molecule has 0 aliphatic rings. The zero-order chi connectivity index (χ0) is 10.8. The van der Waals surface area contributed by atoms with Crippen LogP contribution in [0.15, 0.2) is 6.20 Å². The lowest BCUT2D eigenvalue weighted by atomic mass is 9.87. The van der Waals surface area contributed by atoms with Gasteiger partial charge < -0.3 is 5.73 Å². The van der Waals surface area contributed by atoms with Crippen molar-refractivity contribution >= 4 is 0 Å². The zero-order valence-electron chi connectivity index (χ0n) is 9.59. The van der Waals surface area contributed by atoms with Crippen molar-refractivity contribution in [2.24, 2.45) is 11.7 Å². The highest BCUT2D eigenvalue weighted by molar-refractivity contribution is 5.23. The molecule has 0 amide bonds. The highest BCUT2D eigenvalue weighted by Gasteiger charge is 2.20. The van der Waals surface area contributed by atoms with Crippen LogP contribution in [-0.2, 0) is 11.8 Å². The van der Waals surface area contributed by atoms with Crippen molar-refractivity contribution in [3.05, 3.63) is 17.5 Å². The van der Waals surface area contributed by atoms with Gasteiger partial charge in [-0.1, -0.05) is 27.7 Å². The number of nitrogens with two attached hydrogens (primary N) is 1. The van der Waals surface area contributed by atoms with Crippen molar-refractivity contribution in [3.63, 3.8) is 0 Å². The molecular weight excluding hydrogens is 174 g/mol. The fraction of sp³-hybridized carbons (Fsp3) is 0.727. The molecule has 0 saturated carbocycles. The number of aromatic nitrogens is 2. The average molecular weight is 195 g/mol. The molecule has 80 valence electrons. The van der Waals surface area contributed by atoms with Crippen LogP contribution in [0.3, 0.4) is 0 Å². The van der Waals surface area contributed by atoms with Gasteiger partial charge in [0.15, 0.2) is 0 Å². The molecule has 3 N–H and O–H groups in total. The minimum absolute atomic E-state index is 0.139. The number of nitrogens with one attached hydrogen (secondary N) is 1. The van der Waals surface area contributed by atoms with Crippen LogP contribution in [0.25, 0.3) is 0 Å². The molecule has 1 atom stereocenters. The lowest BCUT2D eigenvalue weighted by Crippen LogP contribution is -2.18. The van der Waals surface area contributed by atoms with Crippen LogP contribution >= 0.6 is 0 Å². The number of rotatable bonds is 3. The summed E-state index contributed by atoms with van der Waals surface area (Å²) in [7, 11) is 0. The number of H-pyrrole nitrogens is 1. The summed E-state index contributed by atoms with van der Waals surface area (Å²) in [6.45, 7) is 9.47. The van der Waals surface area contributed by atoms with Crippen molar-refractivity contribution in [2.75, 3.05) is 6.54 Å². The Hall–Kier alpha value is -0.830. The minimum Gasteiger partial charge on any atom is -0.330 e. The van der Waals surface area contributed by atoms with Gasteiger partial charge in [0, 0.05) is 11.1 Å². The fourth-order valence-electron chi connectivity index (χ4n) is 1.57. The standard InChI is InChI=1S/C11H21N3/c1-8(6-12)5-9-7-13-14-10(9)11(2,3)4/h7-8H,5-6,12H2,1-4H3,(H,13,14). The van der Waals surface area contributed by atoms with E-state index in [4.69, 9.17) is 5.73 Å². The first-order chi connectivity index (χ1) is 6.45. The first-order valence-corrected chi connectivity index (χ1v) is 5.18. The third-order valence-corrected chi connectivity index (χ3v) is 2.44. The minimum atomic E-state index is 0.139. The number of nitrogens with zero attached hydrogens (tertiary/aromatic N) is 1. The van der Waals surface area contributed by atoms with Gasteiger partial charge in [-0.15, -0.1) is 0 Å². The Labute approximate surface area is 86.1 Å². The number of hydrogen-bond donors (Lipinski definition) is 2. The molecule has 14 heavy (non-hydrogen) atoms. The van der Waals surface area contributed by atoms with E-state index in [0.29, 0.717) is 5.92 Å². The van der Waals surface area contributed by atoms with Gasteiger partial charge in [-0.2, -0.15) is 5.10 Å². The molecule has 0 aliphatic carbocycles. The van der Waals surface area contributed by atoms with Gasteiger partial charge >= 0.3 is 0 Å². The van der Waals surface area contributed by atoms with Gasteiger partial charge in [-0.05, 0) is 24.4 Å². The van der Waals surface area contributed by atoms with E-state index in [1.807, 2.05) is 6.20 Å². The largest absolute Gasteiger partial charge is 0.330 e. The Morgan fingerprint density at radius 2 is 2.14 bits per heavy atom.